The van der Waals surface area contributed by atoms with Gasteiger partial charge in [-0.15, -0.1) is 0 Å². The number of phenolic OH excluding ortho intramolecular Hbond substituents is 1. The molecule has 0 aliphatic carbocycles. The molecule has 0 aliphatic heterocycles. The van der Waals surface area contributed by atoms with Crippen molar-refractivity contribution in [3.05, 3.63) is 71.3 Å². The van der Waals surface area contributed by atoms with E-state index in [0.717, 1.165) is 11.1 Å². The van der Waals surface area contributed by atoms with Gasteiger partial charge in [-0.3, -0.25) is 4.79 Å². The van der Waals surface area contributed by atoms with Gasteiger partial charge in [-0.25, -0.2) is 5.43 Å². The first kappa shape index (κ1) is 14.5. The number of carbonyl (C=O) groups excluding carboxylic acids is 1. The number of hydrogen-bond donors (Lipinski definition) is 2. The molecule has 4 heteroatoms. The molecule has 1 amide bonds. The summed E-state index contributed by atoms with van der Waals surface area (Å²) in [7, 11) is 0. The minimum Gasteiger partial charge on any atom is -0.507 e. The zero-order valence-corrected chi connectivity index (χ0v) is 11.7. The van der Waals surface area contributed by atoms with E-state index < -0.39 is 5.91 Å². The fraction of sp³-hybridized carbons (Fsp3) is 0.0588. The number of nitrogens with zero attached hydrogens (tertiary/aromatic N) is 1. The first-order valence-corrected chi connectivity index (χ1v) is 6.51. The zero-order valence-electron chi connectivity index (χ0n) is 11.7. The second-order valence-corrected chi connectivity index (χ2v) is 4.52. The molecule has 0 heterocycles. The van der Waals surface area contributed by atoms with E-state index in [1.807, 2.05) is 43.3 Å². The fourth-order valence-corrected chi connectivity index (χ4v) is 1.77. The molecule has 106 valence electrons. The second-order valence-electron chi connectivity index (χ2n) is 4.52. The molecule has 21 heavy (non-hydrogen) atoms. The van der Waals surface area contributed by atoms with E-state index in [4.69, 9.17) is 0 Å². The Labute approximate surface area is 123 Å². The molecular formula is C17H16N2O2. The van der Waals surface area contributed by atoms with Gasteiger partial charge in [0.25, 0.3) is 5.91 Å². The number of amides is 1. The molecule has 0 saturated carbocycles. The van der Waals surface area contributed by atoms with Crippen LogP contribution in [0.2, 0.25) is 0 Å². The monoisotopic (exact) mass is 280 g/mol. The zero-order chi connectivity index (χ0) is 15.1. The van der Waals surface area contributed by atoms with Crippen LogP contribution in [0.15, 0.2) is 65.3 Å². The largest absolute Gasteiger partial charge is 0.507 e. The molecule has 0 aliphatic rings. The summed E-state index contributed by atoms with van der Waals surface area (Å²) in [4.78, 5) is 11.8. The number of rotatable bonds is 4. The third-order valence-electron chi connectivity index (χ3n) is 2.78. The predicted octanol–water partition coefficient (Wildman–Crippen LogP) is 3.21. The Morgan fingerprint density at radius 1 is 1.10 bits per heavy atom. The molecule has 2 aromatic rings. The lowest BCUT2D eigenvalue weighted by Gasteiger charge is -2.01. The van der Waals surface area contributed by atoms with Gasteiger partial charge in [-0.1, -0.05) is 48.5 Å². The lowest BCUT2D eigenvalue weighted by atomic mass is 10.1. The average Bonchev–Trinajstić information content (AvgIpc) is 2.48. The van der Waals surface area contributed by atoms with E-state index in [-0.39, 0.29) is 11.3 Å². The summed E-state index contributed by atoms with van der Waals surface area (Å²) in [6, 6.07) is 16.2. The number of hydrogen-bond acceptors (Lipinski definition) is 3. The maximum absolute atomic E-state index is 11.8. The summed E-state index contributed by atoms with van der Waals surface area (Å²) < 4.78 is 0. The molecular weight excluding hydrogens is 264 g/mol. The maximum atomic E-state index is 11.8. The van der Waals surface area contributed by atoms with E-state index in [0.29, 0.717) is 0 Å². The Morgan fingerprint density at radius 2 is 1.76 bits per heavy atom. The van der Waals surface area contributed by atoms with Crippen molar-refractivity contribution < 1.29 is 9.90 Å². The number of allylic oxidation sites excluding steroid dienone is 1. The van der Waals surface area contributed by atoms with Crippen LogP contribution in [0.25, 0.3) is 6.08 Å². The Hall–Kier alpha value is -2.88. The molecule has 0 bridgehead atoms. The van der Waals surface area contributed by atoms with Crippen LogP contribution in [0.5, 0.6) is 5.75 Å². The minimum absolute atomic E-state index is 0.0678. The number of nitrogens with one attached hydrogen (secondary N) is 1. The van der Waals surface area contributed by atoms with Crippen molar-refractivity contribution in [3.63, 3.8) is 0 Å². The number of para-hydroxylation sites is 1. The summed E-state index contributed by atoms with van der Waals surface area (Å²) in [6.45, 7) is 1.89. The van der Waals surface area contributed by atoms with Crippen LogP contribution >= 0.6 is 0 Å². The lowest BCUT2D eigenvalue weighted by molar-refractivity contribution is 0.0952. The molecule has 0 saturated heterocycles. The Morgan fingerprint density at radius 3 is 2.48 bits per heavy atom. The molecule has 0 radical (unpaired) electrons. The Bertz CT molecular complexity index is 676. The van der Waals surface area contributed by atoms with Gasteiger partial charge in [0, 0.05) is 0 Å². The third kappa shape index (κ3) is 4.31. The summed E-state index contributed by atoms with van der Waals surface area (Å²) >= 11 is 0. The van der Waals surface area contributed by atoms with Gasteiger partial charge in [0.1, 0.15) is 5.75 Å². The van der Waals surface area contributed by atoms with Gasteiger partial charge < -0.3 is 5.11 Å². The van der Waals surface area contributed by atoms with E-state index in [1.165, 1.54) is 12.1 Å². The van der Waals surface area contributed by atoms with Crippen molar-refractivity contribution >= 4 is 18.2 Å². The minimum atomic E-state index is -0.447. The highest BCUT2D eigenvalue weighted by Crippen LogP contribution is 2.14. The SMILES string of the molecule is CC(C=NNC(=O)c1ccccc1O)=Cc1ccccc1. The number of benzene rings is 2. The molecule has 0 unspecified atom stereocenters. The van der Waals surface area contributed by atoms with Gasteiger partial charge in [0.2, 0.25) is 0 Å². The van der Waals surface area contributed by atoms with E-state index in [9.17, 15) is 9.90 Å². The third-order valence-corrected chi connectivity index (χ3v) is 2.78. The average molecular weight is 280 g/mol. The second kappa shape index (κ2) is 7.05. The van der Waals surface area contributed by atoms with Crippen LogP contribution in [-0.2, 0) is 0 Å². The molecule has 2 N–H and O–H groups in total. The first-order valence-electron chi connectivity index (χ1n) is 6.51. The summed E-state index contributed by atoms with van der Waals surface area (Å²) in [6.07, 6.45) is 3.51. The van der Waals surface area contributed by atoms with Crippen molar-refractivity contribution in [2.45, 2.75) is 6.92 Å². The van der Waals surface area contributed by atoms with E-state index in [1.54, 1.807) is 18.3 Å². The van der Waals surface area contributed by atoms with Crippen LogP contribution in [0.3, 0.4) is 0 Å². The van der Waals surface area contributed by atoms with Gasteiger partial charge in [-0.2, -0.15) is 5.10 Å². The highest BCUT2D eigenvalue weighted by molar-refractivity contribution is 5.97. The van der Waals surface area contributed by atoms with Crippen LogP contribution in [0.4, 0.5) is 0 Å². The van der Waals surface area contributed by atoms with Crippen LogP contribution in [-0.4, -0.2) is 17.2 Å². The number of hydrazone groups is 1. The molecule has 4 nitrogen and oxygen atoms in total. The number of phenols is 1. The maximum Gasteiger partial charge on any atom is 0.275 e. The topological polar surface area (TPSA) is 61.7 Å². The smallest absolute Gasteiger partial charge is 0.275 e. The molecule has 0 aromatic heterocycles. The summed E-state index contributed by atoms with van der Waals surface area (Å²) in [5.74, 6) is -0.515. The van der Waals surface area contributed by atoms with E-state index in [2.05, 4.69) is 10.5 Å². The predicted molar refractivity (Wildman–Crippen MR) is 84.2 cm³/mol. The van der Waals surface area contributed by atoms with Crippen LogP contribution in [0.1, 0.15) is 22.8 Å². The number of carbonyl (C=O) groups is 1. The highest BCUT2D eigenvalue weighted by Gasteiger charge is 2.08. The quantitative estimate of drug-likeness (QED) is 0.667. The van der Waals surface area contributed by atoms with Crippen molar-refractivity contribution in [2.75, 3.05) is 0 Å². The van der Waals surface area contributed by atoms with Crippen molar-refractivity contribution in [2.24, 2.45) is 5.10 Å². The van der Waals surface area contributed by atoms with Crippen molar-refractivity contribution in [1.29, 1.82) is 0 Å². The van der Waals surface area contributed by atoms with Gasteiger partial charge >= 0.3 is 0 Å². The molecule has 0 fully saturated rings. The highest BCUT2D eigenvalue weighted by atomic mass is 16.3. The van der Waals surface area contributed by atoms with Crippen LogP contribution < -0.4 is 5.43 Å². The summed E-state index contributed by atoms with van der Waals surface area (Å²) in [5, 5.41) is 13.4. The van der Waals surface area contributed by atoms with Gasteiger partial charge in [0.05, 0.1) is 11.8 Å². The van der Waals surface area contributed by atoms with Crippen molar-refractivity contribution in [3.8, 4) is 5.75 Å². The Balaban J connectivity index is 1.98. The molecule has 0 atom stereocenters. The van der Waals surface area contributed by atoms with Crippen LogP contribution in [0, 0.1) is 0 Å². The lowest BCUT2D eigenvalue weighted by Crippen LogP contribution is -2.17. The normalized spacial score (nSPS) is 11.6. The molecule has 2 rings (SSSR count). The fourth-order valence-electron chi connectivity index (χ4n) is 1.77. The molecule has 2 aromatic carbocycles. The van der Waals surface area contributed by atoms with E-state index >= 15 is 0 Å². The number of aromatic hydroxyl groups is 1. The van der Waals surface area contributed by atoms with Gasteiger partial charge in [0.15, 0.2) is 0 Å². The Kier molecular flexibility index (Phi) is 4.88. The standard InChI is InChI=1S/C17H16N2O2/c1-13(11-14-7-3-2-4-8-14)12-18-19-17(21)15-9-5-6-10-16(15)20/h2-12,20H,1H3,(H,19,21). The van der Waals surface area contributed by atoms with Crippen molar-refractivity contribution in [1.82, 2.24) is 5.43 Å². The summed E-state index contributed by atoms with van der Waals surface area (Å²) in [5.41, 5.74) is 4.55. The van der Waals surface area contributed by atoms with Gasteiger partial charge in [-0.05, 0) is 30.2 Å². The molecule has 0 spiro atoms. The first-order chi connectivity index (χ1) is 10.2.